The molecule has 0 heterocycles. The summed E-state index contributed by atoms with van der Waals surface area (Å²) in [5.41, 5.74) is -1.49. The quantitative estimate of drug-likeness (QED) is 0.756. The normalized spacial score (nSPS) is 24.7. The second kappa shape index (κ2) is 6.05. The van der Waals surface area contributed by atoms with Crippen LogP contribution in [0.1, 0.15) is 18.9 Å². The Morgan fingerprint density at radius 1 is 1.33 bits per heavy atom. The number of carbonyl (C=O) groups is 1. The highest BCUT2D eigenvalue weighted by Gasteiger charge is 2.76. The summed E-state index contributed by atoms with van der Waals surface area (Å²) in [6.45, 7) is 1.56. The van der Waals surface area contributed by atoms with E-state index >= 15 is 0 Å². The Morgan fingerprint density at radius 3 is 2.57 bits per heavy atom. The molecule has 0 bridgehead atoms. The number of ether oxygens (including phenoxy) is 2. The molecule has 6 heteroatoms. The molecule has 0 amide bonds. The first-order valence-electron chi connectivity index (χ1n) is 6.77. The zero-order valence-electron chi connectivity index (χ0n) is 11.7. The average molecular weight is 302 g/mol. The number of carbonyl (C=O) groups excluding carboxylic acids is 1. The molecule has 0 N–H and O–H groups in total. The molecule has 1 aliphatic rings. The van der Waals surface area contributed by atoms with Crippen molar-refractivity contribution in [2.75, 3.05) is 13.2 Å². The highest BCUT2D eigenvalue weighted by atomic mass is 19.4. The Balaban J connectivity index is 1.91. The summed E-state index contributed by atoms with van der Waals surface area (Å²) in [6.07, 6.45) is -4.86. The van der Waals surface area contributed by atoms with Gasteiger partial charge in [-0.05, 0) is 18.9 Å². The van der Waals surface area contributed by atoms with E-state index in [1.54, 1.807) is 0 Å². The third-order valence-electron chi connectivity index (χ3n) is 3.68. The van der Waals surface area contributed by atoms with E-state index in [0.717, 1.165) is 5.56 Å². The van der Waals surface area contributed by atoms with Gasteiger partial charge in [0.05, 0.1) is 19.8 Å². The number of rotatable bonds is 6. The van der Waals surface area contributed by atoms with Gasteiger partial charge < -0.3 is 9.47 Å². The summed E-state index contributed by atoms with van der Waals surface area (Å²) in [7, 11) is 0. The van der Waals surface area contributed by atoms with Crippen molar-refractivity contribution < 1.29 is 27.4 Å². The smallest absolute Gasteiger partial charge is 0.405 e. The Labute approximate surface area is 121 Å². The van der Waals surface area contributed by atoms with E-state index in [4.69, 9.17) is 4.74 Å². The topological polar surface area (TPSA) is 35.5 Å². The predicted molar refractivity (Wildman–Crippen MR) is 69.3 cm³/mol. The Morgan fingerprint density at radius 2 is 2.00 bits per heavy atom. The van der Waals surface area contributed by atoms with Gasteiger partial charge in [-0.2, -0.15) is 13.2 Å². The molecule has 3 nitrogen and oxygen atoms in total. The number of benzene rings is 1. The lowest BCUT2D eigenvalue weighted by Gasteiger charge is -2.19. The highest BCUT2D eigenvalue weighted by molar-refractivity contribution is 5.81. The molecule has 0 unspecified atom stereocenters. The second-order valence-corrected chi connectivity index (χ2v) is 5.09. The molecule has 1 aromatic carbocycles. The molecule has 116 valence electrons. The maximum absolute atomic E-state index is 13.1. The van der Waals surface area contributed by atoms with E-state index < -0.39 is 23.5 Å². The lowest BCUT2D eigenvalue weighted by atomic mass is 10.0. The van der Waals surface area contributed by atoms with Gasteiger partial charge in [-0.25, -0.2) is 0 Å². The van der Waals surface area contributed by atoms with E-state index in [-0.39, 0.29) is 26.2 Å². The van der Waals surface area contributed by atoms with Gasteiger partial charge in [0.15, 0.2) is 5.41 Å². The molecule has 0 saturated heterocycles. The van der Waals surface area contributed by atoms with Crippen LogP contribution in [0.5, 0.6) is 0 Å². The predicted octanol–water partition coefficient (Wildman–Crippen LogP) is 3.33. The van der Waals surface area contributed by atoms with E-state index in [1.165, 1.54) is 6.92 Å². The summed E-state index contributed by atoms with van der Waals surface area (Å²) in [5.74, 6) is -2.05. The van der Waals surface area contributed by atoms with E-state index in [9.17, 15) is 18.0 Å². The standard InChI is InChI=1S/C15H17F3O3/c1-2-21-13(19)14(15(16,17)18)8-12(14)10-20-9-11-6-4-3-5-7-11/h3-7,12H,2,8-10H2,1H3/t12-,14-/m1/s1. The summed E-state index contributed by atoms with van der Waals surface area (Å²) in [5, 5.41) is 0. The molecule has 0 aromatic heterocycles. The van der Waals surface area contributed by atoms with Gasteiger partial charge in [-0.15, -0.1) is 0 Å². The van der Waals surface area contributed by atoms with Gasteiger partial charge in [0.2, 0.25) is 0 Å². The summed E-state index contributed by atoms with van der Waals surface area (Å²) in [4.78, 5) is 11.6. The first-order valence-corrected chi connectivity index (χ1v) is 6.77. The van der Waals surface area contributed by atoms with Crippen molar-refractivity contribution in [1.82, 2.24) is 0 Å². The minimum Gasteiger partial charge on any atom is -0.465 e. The number of hydrogen-bond acceptors (Lipinski definition) is 3. The van der Waals surface area contributed by atoms with Crippen molar-refractivity contribution in [3.8, 4) is 0 Å². The van der Waals surface area contributed by atoms with Crippen molar-refractivity contribution in [3.05, 3.63) is 35.9 Å². The third-order valence-corrected chi connectivity index (χ3v) is 3.68. The van der Waals surface area contributed by atoms with Crippen LogP contribution in [0.4, 0.5) is 13.2 Å². The molecule has 0 radical (unpaired) electrons. The third kappa shape index (κ3) is 3.20. The highest BCUT2D eigenvalue weighted by Crippen LogP contribution is 2.63. The minimum atomic E-state index is -4.60. The summed E-state index contributed by atoms with van der Waals surface area (Å²) >= 11 is 0. The maximum Gasteiger partial charge on any atom is 0.405 e. The summed E-state index contributed by atoms with van der Waals surface area (Å²) in [6, 6.07) is 9.16. The van der Waals surface area contributed by atoms with Crippen LogP contribution in [0.15, 0.2) is 30.3 Å². The largest absolute Gasteiger partial charge is 0.465 e. The number of esters is 1. The van der Waals surface area contributed by atoms with Crippen LogP contribution in [0.25, 0.3) is 0 Å². The first-order chi connectivity index (χ1) is 9.91. The van der Waals surface area contributed by atoms with Crippen molar-refractivity contribution in [2.24, 2.45) is 11.3 Å². The van der Waals surface area contributed by atoms with E-state index in [1.807, 2.05) is 30.3 Å². The van der Waals surface area contributed by atoms with Crippen LogP contribution in [-0.2, 0) is 20.9 Å². The molecule has 2 atom stereocenters. The molecule has 21 heavy (non-hydrogen) atoms. The van der Waals surface area contributed by atoms with Gasteiger partial charge in [0, 0.05) is 5.92 Å². The van der Waals surface area contributed by atoms with Crippen LogP contribution < -0.4 is 0 Å². The van der Waals surface area contributed by atoms with Gasteiger partial charge in [-0.1, -0.05) is 30.3 Å². The van der Waals surface area contributed by atoms with Crippen LogP contribution >= 0.6 is 0 Å². The van der Waals surface area contributed by atoms with Gasteiger partial charge >= 0.3 is 12.1 Å². The zero-order valence-corrected chi connectivity index (χ0v) is 11.7. The van der Waals surface area contributed by atoms with Crippen molar-refractivity contribution in [1.29, 1.82) is 0 Å². The molecule has 1 aromatic rings. The molecule has 0 aliphatic heterocycles. The molecular formula is C15H17F3O3. The lowest BCUT2D eigenvalue weighted by Crippen LogP contribution is -2.37. The molecule has 1 saturated carbocycles. The fraction of sp³-hybridized carbons (Fsp3) is 0.533. The first kappa shape index (κ1) is 15.8. The summed E-state index contributed by atoms with van der Waals surface area (Å²) < 4.78 is 49.2. The van der Waals surface area contributed by atoms with Gasteiger partial charge in [0.1, 0.15) is 0 Å². The van der Waals surface area contributed by atoms with Crippen LogP contribution in [0, 0.1) is 11.3 Å². The Bertz CT molecular complexity index is 487. The molecule has 1 aliphatic carbocycles. The van der Waals surface area contributed by atoms with Crippen LogP contribution in [0.2, 0.25) is 0 Å². The Kier molecular flexibility index (Phi) is 4.56. The maximum atomic E-state index is 13.1. The fourth-order valence-corrected chi connectivity index (χ4v) is 2.40. The fourth-order valence-electron chi connectivity index (χ4n) is 2.40. The second-order valence-electron chi connectivity index (χ2n) is 5.09. The number of hydrogen-bond donors (Lipinski definition) is 0. The van der Waals surface area contributed by atoms with Crippen molar-refractivity contribution in [2.45, 2.75) is 26.1 Å². The number of halogens is 3. The molecule has 1 fully saturated rings. The molecule has 2 rings (SSSR count). The molecular weight excluding hydrogens is 285 g/mol. The average Bonchev–Trinajstić information content (AvgIpc) is 3.16. The van der Waals surface area contributed by atoms with E-state index in [0.29, 0.717) is 0 Å². The SMILES string of the molecule is CCOC(=O)[C@@]1(C(F)(F)F)C[C@@H]1COCc1ccccc1. The lowest BCUT2D eigenvalue weighted by molar-refractivity contribution is -0.211. The zero-order chi connectivity index (χ0) is 15.5. The molecule has 0 spiro atoms. The van der Waals surface area contributed by atoms with Crippen LogP contribution in [-0.4, -0.2) is 25.4 Å². The monoisotopic (exact) mass is 302 g/mol. The van der Waals surface area contributed by atoms with Gasteiger partial charge in [-0.3, -0.25) is 4.79 Å². The van der Waals surface area contributed by atoms with E-state index in [2.05, 4.69) is 4.74 Å². The van der Waals surface area contributed by atoms with Gasteiger partial charge in [0.25, 0.3) is 0 Å². The van der Waals surface area contributed by atoms with Crippen molar-refractivity contribution in [3.63, 3.8) is 0 Å². The minimum absolute atomic E-state index is 0.0613. The Hall–Kier alpha value is -1.56. The number of alkyl halides is 3. The van der Waals surface area contributed by atoms with Crippen molar-refractivity contribution >= 4 is 5.97 Å². The van der Waals surface area contributed by atoms with Crippen LogP contribution in [0.3, 0.4) is 0 Å².